The SMILES string of the molecule is CC(=O)C1CCCCC1Sc1ccccc1. The van der Waals surface area contributed by atoms with Crippen molar-refractivity contribution in [1.82, 2.24) is 0 Å². The Morgan fingerprint density at radius 1 is 1.19 bits per heavy atom. The lowest BCUT2D eigenvalue weighted by Gasteiger charge is -2.29. The zero-order valence-electron chi connectivity index (χ0n) is 9.69. The summed E-state index contributed by atoms with van der Waals surface area (Å²) in [5.74, 6) is 0.645. The molecule has 0 radical (unpaired) electrons. The summed E-state index contributed by atoms with van der Waals surface area (Å²) in [5.41, 5.74) is 0. The van der Waals surface area contributed by atoms with Gasteiger partial charge in [-0.15, -0.1) is 11.8 Å². The largest absolute Gasteiger partial charge is 0.300 e. The molecule has 2 atom stereocenters. The molecule has 0 saturated heterocycles. The molecule has 2 rings (SSSR count). The van der Waals surface area contributed by atoms with Gasteiger partial charge in [-0.05, 0) is 31.9 Å². The predicted octanol–water partition coefficient (Wildman–Crippen LogP) is 3.93. The molecule has 1 aliphatic rings. The van der Waals surface area contributed by atoms with Crippen molar-refractivity contribution in [3.63, 3.8) is 0 Å². The summed E-state index contributed by atoms with van der Waals surface area (Å²) < 4.78 is 0. The minimum absolute atomic E-state index is 0.277. The highest BCUT2D eigenvalue weighted by atomic mass is 32.2. The summed E-state index contributed by atoms with van der Waals surface area (Å²) in [6.45, 7) is 1.74. The van der Waals surface area contributed by atoms with Crippen molar-refractivity contribution in [3.8, 4) is 0 Å². The summed E-state index contributed by atoms with van der Waals surface area (Å²) in [6.07, 6.45) is 4.76. The van der Waals surface area contributed by atoms with E-state index in [-0.39, 0.29) is 5.92 Å². The molecule has 0 amide bonds. The molecule has 1 saturated carbocycles. The van der Waals surface area contributed by atoms with E-state index in [1.807, 2.05) is 17.8 Å². The van der Waals surface area contributed by atoms with Crippen LogP contribution in [-0.2, 0) is 4.79 Å². The van der Waals surface area contributed by atoms with Crippen LogP contribution in [0.3, 0.4) is 0 Å². The first-order valence-corrected chi connectivity index (χ1v) is 6.87. The van der Waals surface area contributed by atoms with Crippen molar-refractivity contribution >= 4 is 17.5 Å². The first-order chi connectivity index (χ1) is 7.77. The number of thioether (sulfide) groups is 1. The maximum atomic E-state index is 11.6. The van der Waals surface area contributed by atoms with Gasteiger partial charge in [-0.25, -0.2) is 0 Å². The molecule has 1 aromatic rings. The van der Waals surface area contributed by atoms with E-state index in [2.05, 4.69) is 24.3 Å². The molecule has 0 bridgehead atoms. The molecule has 1 fully saturated rings. The fourth-order valence-corrected chi connectivity index (χ4v) is 3.82. The van der Waals surface area contributed by atoms with Crippen molar-refractivity contribution in [2.75, 3.05) is 0 Å². The third-order valence-corrected chi connectivity index (χ3v) is 4.67. The first kappa shape index (κ1) is 11.7. The van der Waals surface area contributed by atoms with Crippen LogP contribution in [0.4, 0.5) is 0 Å². The van der Waals surface area contributed by atoms with Crippen molar-refractivity contribution < 1.29 is 4.79 Å². The molecule has 0 aromatic heterocycles. The van der Waals surface area contributed by atoms with Gasteiger partial charge in [-0.3, -0.25) is 4.79 Å². The van der Waals surface area contributed by atoms with E-state index in [0.717, 1.165) is 6.42 Å². The van der Waals surface area contributed by atoms with Gasteiger partial charge >= 0.3 is 0 Å². The van der Waals surface area contributed by atoms with E-state index in [1.54, 1.807) is 6.92 Å². The van der Waals surface area contributed by atoms with Crippen molar-refractivity contribution in [2.24, 2.45) is 5.92 Å². The Morgan fingerprint density at radius 3 is 2.56 bits per heavy atom. The van der Waals surface area contributed by atoms with Gasteiger partial charge < -0.3 is 0 Å². The Morgan fingerprint density at radius 2 is 1.88 bits per heavy atom. The number of hydrogen-bond donors (Lipinski definition) is 0. The van der Waals surface area contributed by atoms with E-state index in [1.165, 1.54) is 24.2 Å². The molecule has 0 heterocycles. The number of rotatable bonds is 3. The lowest BCUT2D eigenvalue weighted by Crippen LogP contribution is -2.27. The summed E-state index contributed by atoms with van der Waals surface area (Å²) in [5, 5.41) is 0.494. The fourth-order valence-electron chi connectivity index (χ4n) is 2.38. The monoisotopic (exact) mass is 234 g/mol. The predicted molar refractivity (Wildman–Crippen MR) is 68.7 cm³/mol. The van der Waals surface area contributed by atoms with E-state index < -0.39 is 0 Å². The second kappa shape index (κ2) is 5.53. The van der Waals surface area contributed by atoms with Crippen molar-refractivity contribution in [1.29, 1.82) is 0 Å². The van der Waals surface area contributed by atoms with Gasteiger partial charge in [0.2, 0.25) is 0 Å². The number of carbonyl (C=O) groups excluding carboxylic acids is 1. The maximum Gasteiger partial charge on any atom is 0.134 e. The molecule has 1 aromatic carbocycles. The van der Waals surface area contributed by atoms with E-state index in [4.69, 9.17) is 0 Å². The topological polar surface area (TPSA) is 17.1 Å². The molecule has 1 nitrogen and oxygen atoms in total. The highest BCUT2D eigenvalue weighted by Crippen LogP contribution is 2.37. The standard InChI is InChI=1S/C14H18OS/c1-11(15)13-9-5-6-10-14(13)16-12-7-3-2-4-8-12/h2-4,7-8,13-14H,5-6,9-10H2,1H3. The smallest absolute Gasteiger partial charge is 0.134 e. The van der Waals surface area contributed by atoms with E-state index in [0.29, 0.717) is 11.0 Å². The maximum absolute atomic E-state index is 11.6. The average molecular weight is 234 g/mol. The summed E-state index contributed by atoms with van der Waals surface area (Å²) >= 11 is 1.88. The molecular formula is C14H18OS. The highest BCUT2D eigenvalue weighted by molar-refractivity contribution is 8.00. The van der Waals surface area contributed by atoms with Crippen LogP contribution < -0.4 is 0 Å². The molecular weight excluding hydrogens is 216 g/mol. The Labute approximate surface area is 102 Å². The third-order valence-electron chi connectivity index (χ3n) is 3.26. The Kier molecular flexibility index (Phi) is 4.05. The minimum Gasteiger partial charge on any atom is -0.300 e. The van der Waals surface area contributed by atoms with Crippen LogP contribution in [0.5, 0.6) is 0 Å². The van der Waals surface area contributed by atoms with Crippen LogP contribution in [0, 0.1) is 5.92 Å². The van der Waals surface area contributed by atoms with Gasteiger partial charge in [0, 0.05) is 16.1 Å². The van der Waals surface area contributed by atoms with Gasteiger partial charge in [0.05, 0.1) is 0 Å². The first-order valence-electron chi connectivity index (χ1n) is 5.99. The average Bonchev–Trinajstić information content (AvgIpc) is 2.31. The van der Waals surface area contributed by atoms with Gasteiger partial charge in [-0.1, -0.05) is 31.0 Å². The number of hydrogen-bond acceptors (Lipinski definition) is 2. The lowest BCUT2D eigenvalue weighted by molar-refractivity contribution is -0.121. The van der Waals surface area contributed by atoms with Crippen molar-refractivity contribution in [3.05, 3.63) is 30.3 Å². The van der Waals surface area contributed by atoms with Gasteiger partial charge in [0.1, 0.15) is 5.78 Å². The molecule has 86 valence electrons. The number of benzene rings is 1. The van der Waals surface area contributed by atoms with Crippen LogP contribution in [0.2, 0.25) is 0 Å². The summed E-state index contributed by atoms with van der Waals surface area (Å²) in [7, 11) is 0. The number of Topliss-reactive ketones (excluding diaryl/α,β-unsaturated/α-hetero) is 1. The van der Waals surface area contributed by atoms with Crippen molar-refractivity contribution in [2.45, 2.75) is 42.8 Å². The van der Waals surface area contributed by atoms with Crippen LogP contribution in [0.15, 0.2) is 35.2 Å². The molecule has 0 aliphatic heterocycles. The van der Waals surface area contributed by atoms with Crippen LogP contribution in [0.1, 0.15) is 32.6 Å². The molecule has 2 unspecified atom stereocenters. The number of carbonyl (C=O) groups is 1. The summed E-state index contributed by atoms with van der Waals surface area (Å²) in [6, 6.07) is 10.4. The molecule has 0 spiro atoms. The Hall–Kier alpha value is -0.760. The van der Waals surface area contributed by atoms with Crippen LogP contribution in [0.25, 0.3) is 0 Å². The zero-order chi connectivity index (χ0) is 11.4. The second-order valence-corrected chi connectivity index (χ2v) is 5.78. The van der Waals surface area contributed by atoms with Gasteiger partial charge in [0.15, 0.2) is 0 Å². The fraction of sp³-hybridized carbons (Fsp3) is 0.500. The summed E-state index contributed by atoms with van der Waals surface area (Å²) in [4.78, 5) is 12.9. The molecule has 16 heavy (non-hydrogen) atoms. The quantitative estimate of drug-likeness (QED) is 0.788. The Bertz CT molecular complexity index is 347. The van der Waals surface area contributed by atoms with Crippen LogP contribution in [-0.4, -0.2) is 11.0 Å². The highest BCUT2D eigenvalue weighted by Gasteiger charge is 2.28. The Balaban J connectivity index is 2.04. The second-order valence-electron chi connectivity index (χ2n) is 4.47. The number of ketones is 1. The molecule has 0 N–H and O–H groups in total. The zero-order valence-corrected chi connectivity index (χ0v) is 10.5. The van der Waals surface area contributed by atoms with Gasteiger partial charge in [0.25, 0.3) is 0 Å². The van der Waals surface area contributed by atoms with E-state index >= 15 is 0 Å². The molecule has 1 aliphatic carbocycles. The lowest BCUT2D eigenvalue weighted by atomic mass is 9.86. The minimum atomic E-state index is 0.277. The normalized spacial score (nSPS) is 25.3. The van der Waals surface area contributed by atoms with Gasteiger partial charge in [-0.2, -0.15) is 0 Å². The third kappa shape index (κ3) is 2.88. The molecule has 2 heteroatoms. The van der Waals surface area contributed by atoms with Crippen LogP contribution >= 0.6 is 11.8 Å². The van der Waals surface area contributed by atoms with E-state index in [9.17, 15) is 4.79 Å².